The van der Waals surface area contributed by atoms with Crippen LogP contribution in [0.5, 0.6) is 0 Å². The number of nitrogens with zero attached hydrogens (tertiary/aromatic N) is 1. The zero-order valence-corrected chi connectivity index (χ0v) is 12.7. The predicted octanol–water partition coefficient (Wildman–Crippen LogP) is 1.87. The average molecular weight is 320 g/mol. The third-order valence-electron chi connectivity index (χ3n) is 3.38. The first-order valence-electron chi connectivity index (χ1n) is 6.69. The molecule has 2 N–H and O–H groups in total. The summed E-state index contributed by atoms with van der Waals surface area (Å²) in [4.78, 5) is 13.9. The largest absolute Gasteiger partial charge is 0.325 e. The van der Waals surface area contributed by atoms with E-state index in [1.807, 2.05) is 11.9 Å². The van der Waals surface area contributed by atoms with Crippen LogP contribution in [0, 0.1) is 17.6 Å². The summed E-state index contributed by atoms with van der Waals surface area (Å²) in [6, 6.07) is 2.99. The first-order valence-corrected chi connectivity index (χ1v) is 6.69. The molecule has 1 unspecified atom stereocenters. The lowest BCUT2D eigenvalue weighted by atomic mass is 10.1. The van der Waals surface area contributed by atoms with Gasteiger partial charge in [0, 0.05) is 18.3 Å². The van der Waals surface area contributed by atoms with Crippen LogP contribution in [0.25, 0.3) is 0 Å². The molecule has 0 aliphatic carbocycles. The number of nitrogens with one attached hydrogen (secondary N) is 2. The number of amides is 1. The Morgan fingerprint density at radius 2 is 2.00 bits per heavy atom. The van der Waals surface area contributed by atoms with E-state index in [0.29, 0.717) is 5.92 Å². The molecule has 0 saturated carbocycles. The number of hydrogen-bond acceptors (Lipinski definition) is 3. The molecule has 1 amide bonds. The third kappa shape index (κ3) is 5.57. The Kier molecular flexibility index (Phi) is 7.01. The molecule has 0 radical (unpaired) electrons. The van der Waals surface area contributed by atoms with Crippen molar-refractivity contribution in [3.8, 4) is 0 Å². The van der Waals surface area contributed by atoms with Crippen LogP contribution in [-0.4, -0.2) is 44.0 Å². The Morgan fingerprint density at radius 3 is 2.62 bits per heavy atom. The predicted molar refractivity (Wildman–Crippen MR) is 80.7 cm³/mol. The molecule has 1 aromatic carbocycles. The van der Waals surface area contributed by atoms with E-state index in [2.05, 4.69) is 10.6 Å². The van der Waals surface area contributed by atoms with Crippen molar-refractivity contribution < 1.29 is 13.6 Å². The summed E-state index contributed by atoms with van der Waals surface area (Å²) in [6.45, 7) is 2.93. The van der Waals surface area contributed by atoms with Crippen LogP contribution in [-0.2, 0) is 4.79 Å². The lowest BCUT2D eigenvalue weighted by Gasteiger charge is -2.15. The van der Waals surface area contributed by atoms with E-state index in [0.717, 1.165) is 44.3 Å². The van der Waals surface area contributed by atoms with Gasteiger partial charge in [0.15, 0.2) is 0 Å². The summed E-state index contributed by atoms with van der Waals surface area (Å²) in [6.07, 6.45) is 1.06. The van der Waals surface area contributed by atoms with Gasteiger partial charge in [-0.1, -0.05) is 0 Å². The van der Waals surface area contributed by atoms with Crippen molar-refractivity contribution in [2.75, 3.05) is 38.5 Å². The normalized spacial score (nSPS) is 18.3. The van der Waals surface area contributed by atoms with Gasteiger partial charge in [-0.05, 0) is 44.6 Å². The van der Waals surface area contributed by atoms with Crippen molar-refractivity contribution in [3.05, 3.63) is 29.8 Å². The van der Waals surface area contributed by atoms with E-state index in [1.54, 1.807) is 0 Å². The summed E-state index contributed by atoms with van der Waals surface area (Å²) in [5.74, 6) is -1.09. The molecular weight excluding hydrogens is 300 g/mol. The van der Waals surface area contributed by atoms with Gasteiger partial charge in [-0.15, -0.1) is 12.4 Å². The Labute approximate surface area is 129 Å². The number of likely N-dealkylation sites (tertiary alicyclic amines) is 1. The third-order valence-corrected chi connectivity index (χ3v) is 3.38. The molecule has 1 heterocycles. The summed E-state index contributed by atoms with van der Waals surface area (Å²) in [7, 11) is 1.91. The molecule has 1 aliphatic heterocycles. The lowest BCUT2D eigenvalue weighted by molar-refractivity contribution is -0.117. The molecule has 0 spiro atoms. The topological polar surface area (TPSA) is 44.4 Å². The minimum absolute atomic E-state index is 0. The monoisotopic (exact) mass is 319 g/mol. The van der Waals surface area contributed by atoms with Crippen LogP contribution in [0.15, 0.2) is 18.2 Å². The van der Waals surface area contributed by atoms with E-state index < -0.39 is 11.6 Å². The van der Waals surface area contributed by atoms with E-state index >= 15 is 0 Å². The maximum atomic E-state index is 13.0. The van der Waals surface area contributed by atoms with Crippen LogP contribution in [0.3, 0.4) is 0 Å². The zero-order valence-electron chi connectivity index (χ0n) is 11.9. The highest BCUT2D eigenvalue weighted by molar-refractivity contribution is 5.92. The SMILES string of the molecule is CNCC1CCN(CC(=O)Nc2cc(F)cc(F)c2)C1.Cl. The van der Waals surface area contributed by atoms with Gasteiger partial charge in [-0.2, -0.15) is 0 Å². The second kappa shape index (κ2) is 8.26. The van der Waals surface area contributed by atoms with Crippen LogP contribution in [0.4, 0.5) is 14.5 Å². The molecule has 1 saturated heterocycles. The standard InChI is InChI=1S/C14H19F2N3O.ClH/c1-17-7-10-2-3-19(8-10)9-14(20)18-13-5-11(15)4-12(16)6-13;/h4-6,10,17H,2-3,7-9H2,1H3,(H,18,20);1H. The van der Waals surface area contributed by atoms with Crippen LogP contribution < -0.4 is 10.6 Å². The highest BCUT2D eigenvalue weighted by Gasteiger charge is 2.23. The van der Waals surface area contributed by atoms with E-state index in [9.17, 15) is 13.6 Å². The molecule has 0 aromatic heterocycles. The number of hydrogen-bond donors (Lipinski definition) is 2. The molecule has 7 heteroatoms. The molecule has 4 nitrogen and oxygen atoms in total. The van der Waals surface area contributed by atoms with Crippen molar-refractivity contribution in [2.45, 2.75) is 6.42 Å². The van der Waals surface area contributed by atoms with Crippen LogP contribution in [0.2, 0.25) is 0 Å². The first-order chi connectivity index (χ1) is 9.56. The number of halogens is 3. The summed E-state index contributed by atoms with van der Waals surface area (Å²) < 4.78 is 26.0. The minimum Gasteiger partial charge on any atom is -0.325 e. The van der Waals surface area contributed by atoms with Crippen LogP contribution >= 0.6 is 12.4 Å². The van der Waals surface area contributed by atoms with Gasteiger partial charge in [0.1, 0.15) is 11.6 Å². The van der Waals surface area contributed by atoms with Crippen molar-refractivity contribution in [3.63, 3.8) is 0 Å². The Bertz CT molecular complexity index is 467. The Hall–Kier alpha value is -1.24. The molecule has 1 aromatic rings. The van der Waals surface area contributed by atoms with Gasteiger partial charge in [0.05, 0.1) is 6.54 Å². The van der Waals surface area contributed by atoms with E-state index in [1.165, 1.54) is 0 Å². The van der Waals surface area contributed by atoms with E-state index in [4.69, 9.17) is 0 Å². The van der Waals surface area contributed by atoms with Gasteiger partial charge < -0.3 is 10.6 Å². The molecule has 118 valence electrons. The van der Waals surface area contributed by atoms with Gasteiger partial charge in [0.2, 0.25) is 5.91 Å². The zero-order chi connectivity index (χ0) is 14.5. The van der Waals surface area contributed by atoms with Gasteiger partial charge in [-0.25, -0.2) is 8.78 Å². The molecule has 1 atom stereocenters. The first kappa shape index (κ1) is 17.8. The maximum absolute atomic E-state index is 13.0. The molecule has 1 aliphatic rings. The number of anilines is 1. The number of carbonyl (C=O) groups excluding carboxylic acids is 1. The fraction of sp³-hybridized carbons (Fsp3) is 0.500. The van der Waals surface area contributed by atoms with Crippen LogP contribution in [0.1, 0.15) is 6.42 Å². The highest BCUT2D eigenvalue weighted by atomic mass is 35.5. The van der Waals surface area contributed by atoms with Crippen molar-refractivity contribution in [1.82, 2.24) is 10.2 Å². The summed E-state index contributed by atoms with van der Waals surface area (Å²) in [5, 5.41) is 5.65. The summed E-state index contributed by atoms with van der Waals surface area (Å²) >= 11 is 0. The summed E-state index contributed by atoms with van der Waals surface area (Å²) in [5.41, 5.74) is 0.151. The fourth-order valence-corrected chi connectivity index (χ4v) is 2.54. The molecular formula is C14H20ClF2N3O. The van der Waals surface area contributed by atoms with Crippen molar-refractivity contribution >= 4 is 24.0 Å². The lowest BCUT2D eigenvalue weighted by Crippen LogP contribution is -2.32. The van der Waals surface area contributed by atoms with Crippen molar-refractivity contribution in [2.24, 2.45) is 5.92 Å². The second-order valence-corrected chi connectivity index (χ2v) is 5.15. The Balaban J connectivity index is 0.00000220. The van der Waals surface area contributed by atoms with Crippen molar-refractivity contribution in [1.29, 1.82) is 0 Å². The smallest absolute Gasteiger partial charge is 0.238 e. The number of benzene rings is 1. The van der Waals surface area contributed by atoms with Gasteiger partial charge in [0.25, 0.3) is 0 Å². The van der Waals surface area contributed by atoms with Gasteiger partial charge >= 0.3 is 0 Å². The Morgan fingerprint density at radius 1 is 1.33 bits per heavy atom. The van der Waals surface area contributed by atoms with E-state index in [-0.39, 0.29) is 30.5 Å². The number of rotatable bonds is 5. The second-order valence-electron chi connectivity index (χ2n) is 5.15. The molecule has 21 heavy (non-hydrogen) atoms. The minimum atomic E-state index is -0.699. The fourth-order valence-electron chi connectivity index (χ4n) is 2.54. The number of carbonyl (C=O) groups is 1. The molecule has 1 fully saturated rings. The van der Waals surface area contributed by atoms with Gasteiger partial charge in [-0.3, -0.25) is 9.69 Å². The molecule has 0 bridgehead atoms. The average Bonchev–Trinajstić information content (AvgIpc) is 2.75. The highest BCUT2D eigenvalue weighted by Crippen LogP contribution is 2.16. The maximum Gasteiger partial charge on any atom is 0.238 e. The quantitative estimate of drug-likeness (QED) is 0.871. The molecule has 2 rings (SSSR count).